The number of thiophene rings is 1. The van der Waals surface area contributed by atoms with E-state index in [2.05, 4.69) is 21.8 Å². The van der Waals surface area contributed by atoms with Gasteiger partial charge in [0.25, 0.3) is 11.4 Å². The average Bonchev–Trinajstić information content (AvgIpc) is 3.55. The van der Waals surface area contributed by atoms with E-state index in [9.17, 15) is 9.18 Å². The van der Waals surface area contributed by atoms with E-state index in [0.29, 0.717) is 45.5 Å². The number of ether oxygens (including phenoxy) is 1. The van der Waals surface area contributed by atoms with Gasteiger partial charge in [0.15, 0.2) is 0 Å². The molecule has 0 saturated heterocycles. The van der Waals surface area contributed by atoms with Gasteiger partial charge in [-0.2, -0.15) is 0 Å². The Morgan fingerprint density at radius 3 is 2.55 bits per heavy atom. The lowest BCUT2D eigenvalue weighted by Crippen LogP contribution is -2.15. The van der Waals surface area contributed by atoms with E-state index in [1.54, 1.807) is 23.6 Å². The molecule has 0 bridgehead atoms. The fourth-order valence-corrected chi connectivity index (χ4v) is 5.78. The molecule has 0 saturated carbocycles. The summed E-state index contributed by atoms with van der Waals surface area (Å²) in [6.45, 7) is 7.66. The van der Waals surface area contributed by atoms with Crippen LogP contribution in [0.25, 0.3) is 32.0 Å². The molecule has 0 fully saturated rings. The number of hydrogen-bond donors (Lipinski definition) is 1. The van der Waals surface area contributed by atoms with E-state index in [-0.39, 0.29) is 11.4 Å². The Bertz CT molecular complexity index is 1680. The molecule has 0 spiro atoms. The van der Waals surface area contributed by atoms with Crippen LogP contribution < -0.4 is 15.0 Å². The van der Waals surface area contributed by atoms with Gasteiger partial charge in [0.05, 0.1) is 4.88 Å². The van der Waals surface area contributed by atoms with Gasteiger partial charge in [-0.3, -0.25) is 4.79 Å². The lowest BCUT2D eigenvalue weighted by molar-refractivity contribution is 0.474. The Hall–Kier alpha value is -3.63. The van der Waals surface area contributed by atoms with Gasteiger partial charge in [-0.25, -0.2) is 4.39 Å². The largest absolute Gasteiger partial charge is 0.456 e. The predicted molar refractivity (Wildman–Crippen MR) is 153 cm³/mol. The van der Waals surface area contributed by atoms with E-state index >= 15 is 0 Å². The van der Waals surface area contributed by atoms with E-state index in [1.165, 1.54) is 23.5 Å². The summed E-state index contributed by atoms with van der Waals surface area (Å²) in [5, 5.41) is 9.01. The number of benzene rings is 2. The normalized spacial score (nSPS) is 11.3. The van der Waals surface area contributed by atoms with Gasteiger partial charge in [0.2, 0.25) is 5.89 Å². The second kappa shape index (κ2) is 10.6. The highest BCUT2D eigenvalue weighted by molar-refractivity contribution is 8.00. The van der Waals surface area contributed by atoms with Crippen molar-refractivity contribution in [3.63, 3.8) is 0 Å². The third-order valence-electron chi connectivity index (χ3n) is 6.08. The first-order chi connectivity index (χ1) is 18.3. The molecule has 0 unspecified atom stereocenters. The fraction of sp³-hybridized carbons (Fsp3) is 0.250. The molecule has 3 aromatic heterocycles. The van der Waals surface area contributed by atoms with Crippen LogP contribution in [0.5, 0.6) is 11.5 Å². The summed E-state index contributed by atoms with van der Waals surface area (Å²) >= 11 is 2.91. The summed E-state index contributed by atoms with van der Waals surface area (Å²) in [5.74, 6) is 2.71. The molecule has 196 valence electrons. The second-order valence-electron chi connectivity index (χ2n) is 8.88. The Labute approximate surface area is 227 Å². The van der Waals surface area contributed by atoms with Crippen molar-refractivity contribution in [1.29, 1.82) is 0 Å². The van der Waals surface area contributed by atoms with Crippen LogP contribution in [0.1, 0.15) is 30.9 Å². The molecule has 38 heavy (non-hydrogen) atoms. The molecule has 5 rings (SSSR count). The third kappa shape index (κ3) is 4.93. The number of rotatable bonds is 8. The van der Waals surface area contributed by atoms with Crippen LogP contribution in [0, 0.1) is 19.7 Å². The lowest BCUT2D eigenvalue weighted by Gasteiger charge is -2.17. The van der Waals surface area contributed by atoms with E-state index in [0.717, 1.165) is 32.8 Å². The number of aromatic nitrogens is 3. The standard InChI is InChI=1S/C28H27FN4O3S2/c1-6-24-30-31-27(36-24)23-13-20-21(14-33(5)28(34)26(20)38-23)19-12-18(32-37-7-2)8-9-22(19)35-25-15(3)10-17(29)11-16(25)4/h8-14,32H,6-7H2,1-5H3. The molecule has 0 radical (unpaired) electrons. The van der Waals surface area contributed by atoms with Gasteiger partial charge in [-0.05, 0) is 61.4 Å². The summed E-state index contributed by atoms with van der Waals surface area (Å²) in [5.41, 5.74) is 3.79. The van der Waals surface area contributed by atoms with Gasteiger partial charge in [0, 0.05) is 47.6 Å². The summed E-state index contributed by atoms with van der Waals surface area (Å²) in [7, 11) is 1.73. The van der Waals surface area contributed by atoms with E-state index < -0.39 is 0 Å². The topological polar surface area (TPSA) is 82.2 Å². The molecule has 1 N–H and O–H groups in total. The van der Waals surface area contributed by atoms with Crippen molar-refractivity contribution >= 4 is 39.1 Å². The first kappa shape index (κ1) is 26.0. The average molecular weight is 551 g/mol. The number of anilines is 1. The van der Waals surface area contributed by atoms with Crippen molar-refractivity contribution < 1.29 is 13.5 Å². The van der Waals surface area contributed by atoms with Crippen LogP contribution in [-0.4, -0.2) is 20.5 Å². The summed E-state index contributed by atoms with van der Waals surface area (Å²) in [6, 6.07) is 10.7. The minimum absolute atomic E-state index is 0.112. The Morgan fingerprint density at radius 1 is 1.11 bits per heavy atom. The van der Waals surface area contributed by atoms with Crippen molar-refractivity contribution in [2.45, 2.75) is 34.1 Å². The molecule has 0 aliphatic rings. The van der Waals surface area contributed by atoms with Crippen LogP contribution >= 0.6 is 23.3 Å². The number of nitrogens with one attached hydrogen (secondary N) is 1. The Morgan fingerprint density at radius 2 is 1.87 bits per heavy atom. The van der Waals surface area contributed by atoms with Crippen LogP contribution in [0.3, 0.4) is 0 Å². The third-order valence-corrected chi connectivity index (χ3v) is 7.86. The first-order valence-corrected chi connectivity index (χ1v) is 14.0. The number of halogens is 1. The number of fused-ring (bicyclic) bond motifs is 1. The number of nitrogens with zero attached hydrogens (tertiary/aromatic N) is 3. The quantitative estimate of drug-likeness (QED) is 0.200. The minimum Gasteiger partial charge on any atom is -0.456 e. The van der Waals surface area contributed by atoms with Crippen LogP contribution in [0.4, 0.5) is 10.1 Å². The molecular weight excluding hydrogens is 523 g/mol. The lowest BCUT2D eigenvalue weighted by atomic mass is 10.0. The zero-order chi connectivity index (χ0) is 27.0. The van der Waals surface area contributed by atoms with Crippen LogP contribution in [-0.2, 0) is 13.5 Å². The molecule has 5 aromatic rings. The molecule has 10 heteroatoms. The highest BCUT2D eigenvalue weighted by atomic mass is 32.2. The molecule has 3 heterocycles. The summed E-state index contributed by atoms with van der Waals surface area (Å²) in [6.07, 6.45) is 2.44. The molecule has 0 amide bonds. The van der Waals surface area contributed by atoms with Gasteiger partial charge < -0.3 is 18.4 Å². The maximum absolute atomic E-state index is 14.0. The first-order valence-electron chi connectivity index (χ1n) is 12.2. The maximum Gasteiger partial charge on any atom is 0.268 e. The fourth-order valence-electron chi connectivity index (χ4n) is 4.26. The molecule has 7 nitrogen and oxygen atoms in total. The second-order valence-corrected chi connectivity index (χ2v) is 11.0. The smallest absolute Gasteiger partial charge is 0.268 e. The van der Waals surface area contributed by atoms with E-state index in [1.807, 2.05) is 51.2 Å². The van der Waals surface area contributed by atoms with Crippen molar-refractivity contribution in [2.75, 3.05) is 10.5 Å². The predicted octanol–water partition coefficient (Wildman–Crippen LogP) is 7.51. The SMILES string of the molecule is CCSNc1ccc(Oc2c(C)cc(F)cc2C)c(-c2cn(C)c(=O)c3sc(-c4nnc(CC)o4)cc23)c1. The molecule has 0 atom stereocenters. The van der Waals surface area contributed by atoms with E-state index in [4.69, 9.17) is 9.15 Å². The summed E-state index contributed by atoms with van der Waals surface area (Å²) < 4.78 is 31.7. The van der Waals surface area contributed by atoms with Gasteiger partial charge in [-0.15, -0.1) is 21.5 Å². The van der Waals surface area contributed by atoms with Crippen LogP contribution in [0.2, 0.25) is 0 Å². The maximum atomic E-state index is 14.0. The van der Waals surface area contributed by atoms with Crippen molar-refractivity contribution in [3.8, 4) is 33.4 Å². The zero-order valence-electron chi connectivity index (χ0n) is 21.7. The van der Waals surface area contributed by atoms with Gasteiger partial charge in [-0.1, -0.05) is 25.8 Å². The number of pyridine rings is 1. The monoisotopic (exact) mass is 550 g/mol. The number of hydrogen-bond acceptors (Lipinski definition) is 8. The molecule has 0 aliphatic heterocycles. The summed E-state index contributed by atoms with van der Waals surface area (Å²) in [4.78, 5) is 13.9. The highest BCUT2D eigenvalue weighted by Gasteiger charge is 2.20. The van der Waals surface area contributed by atoms with Crippen molar-refractivity contribution in [1.82, 2.24) is 14.8 Å². The van der Waals surface area contributed by atoms with Gasteiger partial charge in [0.1, 0.15) is 22.0 Å². The molecular formula is C28H27FN4O3S2. The Balaban J connectivity index is 1.72. The molecule has 2 aromatic carbocycles. The highest BCUT2D eigenvalue weighted by Crippen LogP contribution is 2.43. The van der Waals surface area contributed by atoms with Gasteiger partial charge >= 0.3 is 0 Å². The van der Waals surface area contributed by atoms with Crippen molar-refractivity contribution in [2.24, 2.45) is 7.05 Å². The minimum atomic E-state index is -0.304. The molecule has 0 aliphatic carbocycles. The van der Waals surface area contributed by atoms with Crippen LogP contribution in [0.15, 0.2) is 51.8 Å². The van der Waals surface area contributed by atoms with Crippen molar-refractivity contribution in [3.05, 3.63) is 75.8 Å². The zero-order valence-corrected chi connectivity index (χ0v) is 23.3. The number of aryl methyl sites for hydroxylation is 4. The Kier molecular flexibility index (Phi) is 7.27.